The third-order valence-corrected chi connectivity index (χ3v) is 5.25. The van der Waals surface area contributed by atoms with Gasteiger partial charge in [0.1, 0.15) is 0 Å². The summed E-state index contributed by atoms with van der Waals surface area (Å²) in [6.45, 7) is 3.26. The minimum absolute atomic E-state index is 0.172. The second kappa shape index (κ2) is 2.69. The van der Waals surface area contributed by atoms with E-state index in [0.717, 1.165) is 0 Å². The van der Waals surface area contributed by atoms with E-state index in [-0.39, 0.29) is 12.3 Å². The summed E-state index contributed by atoms with van der Waals surface area (Å²) in [5, 5.41) is 0. The molecule has 0 radical (unpaired) electrons. The van der Waals surface area contributed by atoms with E-state index in [9.17, 15) is 9.79 Å². The van der Waals surface area contributed by atoms with Crippen molar-refractivity contribution in [1.29, 1.82) is 0 Å². The number of hydrogen-bond donors (Lipinski definition) is 2. The van der Waals surface area contributed by atoms with Gasteiger partial charge in [-0.3, -0.25) is 0 Å². The summed E-state index contributed by atoms with van der Waals surface area (Å²) in [7, 11) is -3.86. The van der Waals surface area contributed by atoms with Crippen molar-refractivity contribution in [1.82, 2.24) is 0 Å². The van der Waals surface area contributed by atoms with Crippen molar-refractivity contribution < 1.29 is 13.9 Å². The molecular formula is C4H12ClO3P. The molecule has 0 aliphatic rings. The predicted molar refractivity (Wildman–Crippen MR) is 39.4 cm³/mol. The minimum atomic E-state index is -3.86. The standard InChI is InChI=1S/C4H12ClO3P/c1-3-9(6,7,4-2)8-5/h6-7H,3-4H2,1-2H3. The van der Waals surface area contributed by atoms with E-state index in [4.69, 9.17) is 11.9 Å². The van der Waals surface area contributed by atoms with Gasteiger partial charge in [0.25, 0.3) is 0 Å². The Hall–Kier alpha value is 0.600. The zero-order chi connectivity index (χ0) is 7.57. The number of hydrogen-bond acceptors (Lipinski definition) is 3. The van der Waals surface area contributed by atoms with Gasteiger partial charge in [0, 0.05) is 0 Å². The van der Waals surface area contributed by atoms with Crippen LogP contribution in [-0.2, 0) is 4.08 Å². The van der Waals surface area contributed by atoms with Crippen molar-refractivity contribution in [2.45, 2.75) is 13.8 Å². The molecule has 0 fully saturated rings. The maximum absolute atomic E-state index is 9.23. The van der Waals surface area contributed by atoms with Crippen LogP contribution in [-0.4, -0.2) is 22.1 Å². The fourth-order valence-corrected chi connectivity index (χ4v) is 1.55. The molecule has 0 unspecified atom stereocenters. The molecule has 5 heteroatoms. The Bertz CT molecular complexity index is 87.0. The van der Waals surface area contributed by atoms with Crippen molar-refractivity contribution in [3.8, 4) is 0 Å². The Morgan fingerprint density at radius 2 is 1.67 bits per heavy atom. The van der Waals surface area contributed by atoms with Gasteiger partial charge in [0.05, 0.1) is 0 Å². The molecule has 0 aromatic carbocycles. The van der Waals surface area contributed by atoms with Gasteiger partial charge >= 0.3 is 59.2 Å². The van der Waals surface area contributed by atoms with Crippen molar-refractivity contribution in [2.75, 3.05) is 12.3 Å². The molecule has 9 heavy (non-hydrogen) atoms. The molecule has 0 atom stereocenters. The van der Waals surface area contributed by atoms with Crippen molar-refractivity contribution in [3.05, 3.63) is 0 Å². The maximum atomic E-state index is 9.23. The first-order valence-electron chi connectivity index (χ1n) is 2.78. The Balaban J connectivity index is 4.20. The molecule has 0 spiro atoms. The van der Waals surface area contributed by atoms with E-state index in [1.54, 1.807) is 13.8 Å². The van der Waals surface area contributed by atoms with Crippen LogP contribution in [0, 0.1) is 0 Å². The van der Waals surface area contributed by atoms with E-state index in [1.807, 2.05) is 0 Å². The van der Waals surface area contributed by atoms with Gasteiger partial charge < -0.3 is 0 Å². The molecule has 0 bridgehead atoms. The van der Waals surface area contributed by atoms with Crippen LogP contribution in [0.3, 0.4) is 0 Å². The van der Waals surface area contributed by atoms with Crippen molar-refractivity contribution in [2.24, 2.45) is 0 Å². The normalized spacial score (nSPS) is 16.8. The molecule has 0 aromatic rings. The van der Waals surface area contributed by atoms with Crippen LogP contribution in [0.25, 0.3) is 0 Å². The second-order valence-corrected chi connectivity index (χ2v) is 6.42. The number of rotatable bonds is 3. The molecule has 0 amide bonds. The van der Waals surface area contributed by atoms with Crippen LogP contribution in [0.1, 0.15) is 13.8 Å². The summed E-state index contributed by atoms with van der Waals surface area (Å²) in [6.07, 6.45) is 0.344. The molecule has 0 saturated carbocycles. The van der Waals surface area contributed by atoms with Crippen LogP contribution in [0.2, 0.25) is 0 Å². The SMILES string of the molecule is CCP(O)(O)(CC)OCl. The van der Waals surface area contributed by atoms with Crippen LogP contribution in [0.15, 0.2) is 0 Å². The summed E-state index contributed by atoms with van der Waals surface area (Å²) in [5.41, 5.74) is 0. The molecule has 0 heterocycles. The van der Waals surface area contributed by atoms with Gasteiger partial charge in [-0.2, -0.15) is 0 Å². The quantitative estimate of drug-likeness (QED) is 0.638. The van der Waals surface area contributed by atoms with Crippen LogP contribution in [0.4, 0.5) is 0 Å². The predicted octanol–water partition coefficient (Wildman–Crippen LogP) is 1.48. The average molecular weight is 175 g/mol. The Kier molecular flexibility index (Phi) is 2.86. The van der Waals surface area contributed by atoms with Gasteiger partial charge in [-0.1, -0.05) is 0 Å². The van der Waals surface area contributed by atoms with Gasteiger partial charge in [0.2, 0.25) is 0 Å². The van der Waals surface area contributed by atoms with E-state index < -0.39 is 7.28 Å². The first-order chi connectivity index (χ1) is 3.96. The first kappa shape index (κ1) is 9.60. The zero-order valence-corrected chi connectivity index (χ0v) is 7.19. The Morgan fingerprint density at radius 3 is 1.67 bits per heavy atom. The van der Waals surface area contributed by atoms with Crippen molar-refractivity contribution in [3.63, 3.8) is 0 Å². The van der Waals surface area contributed by atoms with E-state index >= 15 is 0 Å². The summed E-state index contributed by atoms with van der Waals surface area (Å²) < 4.78 is 4.14. The van der Waals surface area contributed by atoms with Gasteiger partial charge in [-0.15, -0.1) is 0 Å². The third-order valence-electron chi connectivity index (χ3n) is 1.43. The molecule has 3 nitrogen and oxygen atoms in total. The molecule has 0 aliphatic carbocycles. The summed E-state index contributed by atoms with van der Waals surface area (Å²) in [6, 6.07) is 0. The molecule has 0 saturated heterocycles. The fraction of sp³-hybridized carbons (Fsp3) is 1.00. The van der Waals surface area contributed by atoms with E-state index in [1.165, 1.54) is 0 Å². The summed E-state index contributed by atoms with van der Waals surface area (Å²) >= 11 is 4.91. The summed E-state index contributed by atoms with van der Waals surface area (Å²) in [4.78, 5) is 18.5. The van der Waals surface area contributed by atoms with Gasteiger partial charge in [0.15, 0.2) is 0 Å². The molecule has 0 rings (SSSR count). The third kappa shape index (κ3) is 2.36. The zero-order valence-electron chi connectivity index (χ0n) is 5.54. The Morgan fingerprint density at radius 1 is 1.33 bits per heavy atom. The monoisotopic (exact) mass is 174 g/mol. The Labute approximate surface area is 59.9 Å². The van der Waals surface area contributed by atoms with Crippen LogP contribution >= 0.6 is 19.2 Å². The number of halogens is 1. The fourth-order valence-electron chi connectivity index (χ4n) is 0.321. The average Bonchev–Trinajstić information content (AvgIpc) is 1.90. The second-order valence-electron chi connectivity index (χ2n) is 2.00. The molecule has 0 aliphatic heterocycles. The topological polar surface area (TPSA) is 49.7 Å². The summed E-state index contributed by atoms with van der Waals surface area (Å²) in [5.74, 6) is 0. The molecular weight excluding hydrogens is 162 g/mol. The molecule has 58 valence electrons. The first-order valence-corrected chi connectivity index (χ1v) is 5.52. The van der Waals surface area contributed by atoms with Crippen LogP contribution in [0.5, 0.6) is 0 Å². The van der Waals surface area contributed by atoms with Gasteiger partial charge in [-0.05, 0) is 0 Å². The molecule has 2 N–H and O–H groups in total. The molecule has 0 aromatic heterocycles. The van der Waals surface area contributed by atoms with E-state index in [0.29, 0.717) is 0 Å². The van der Waals surface area contributed by atoms with E-state index in [2.05, 4.69) is 4.08 Å². The van der Waals surface area contributed by atoms with Crippen molar-refractivity contribution >= 4 is 19.2 Å². The van der Waals surface area contributed by atoms with Crippen LogP contribution < -0.4 is 0 Å². The van der Waals surface area contributed by atoms with Gasteiger partial charge in [-0.25, -0.2) is 0 Å².